The lowest BCUT2D eigenvalue weighted by atomic mass is 10.2. The van der Waals surface area contributed by atoms with Crippen molar-refractivity contribution < 1.29 is 17.9 Å². The van der Waals surface area contributed by atoms with E-state index >= 15 is 0 Å². The van der Waals surface area contributed by atoms with E-state index in [4.69, 9.17) is 16.3 Å². The van der Waals surface area contributed by atoms with Crippen molar-refractivity contribution in [2.45, 2.75) is 41.3 Å². The van der Waals surface area contributed by atoms with E-state index in [-0.39, 0.29) is 16.6 Å². The maximum Gasteiger partial charge on any atom is 0.237 e. The molecule has 3 aromatic rings. The first-order valence-corrected chi connectivity index (χ1v) is 13.0. The molecule has 1 atom stereocenters. The van der Waals surface area contributed by atoms with E-state index in [9.17, 15) is 13.2 Å². The number of sulfone groups is 1. The van der Waals surface area contributed by atoms with Crippen molar-refractivity contribution in [2.24, 2.45) is 7.05 Å². The molecule has 33 heavy (non-hydrogen) atoms. The molecule has 8 nitrogen and oxygen atoms in total. The minimum Gasteiger partial charge on any atom is -0.495 e. The summed E-state index contributed by atoms with van der Waals surface area (Å²) in [5.41, 5.74) is 1.53. The molecule has 176 valence electrons. The number of carbonyl (C=O) groups is 1. The molecule has 0 aliphatic heterocycles. The summed E-state index contributed by atoms with van der Waals surface area (Å²) < 4.78 is 32.3. The Bertz CT molecular complexity index is 1240. The minimum absolute atomic E-state index is 0.222. The molecule has 0 fully saturated rings. The number of halogens is 1. The number of aromatic nitrogens is 3. The van der Waals surface area contributed by atoms with E-state index in [1.807, 2.05) is 13.8 Å². The number of hydrogen-bond donors (Lipinski definition) is 1. The van der Waals surface area contributed by atoms with E-state index in [1.54, 1.807) is 54.1 Å². The van der Waals surface area contributed by atoms with Crippen LogP contribution in [-0.4, -0.2) is 41.4 Å². The van der Waals surface area contributed by atoms with Crippen LogP contribution in [-0.2, 0) is 27.4 Å². The normalized spacial score (nSPS) is 12.4. The minimum atomic E-state index is -3.57. The van der Waals surface area contributed by atoms with Gasteiger partial charge in [0.25, 0.3) is 0 Å². The van der Waals surface area contributed by atoms with Crippen molar-refractivity contribution in [3.63, 3.8) is 0 Å². The first-order valence-electron chi connectivity index (χ1n) is 10.1. The number of anilines is 1. The van der Waals surface area contributed by atoms with E-state index in [1.165, 1.54) is 18.9 Å². The van der Waals surface area contributed by atoms with Crippen LogP contribution < -0.4 is 10.1 Å². The van der Waals surface area contributed by atoms with Gasteiger partial charge in [-0.2, -0.15) is 0 Å². The van der Waals surface area contributed by atoms with Crippen LogP contribution in [0.3, 0.4) is 0 Å². The summed E-state index contributed by atoms with van der Waals surface area (Å²) in [5, 5.41) is 11.4. The van der Waals surface area contributed by atoms with Gasteiger partial charge in [-0.1, -0.05) is 48.0 Å². The number of nitrogens with one attached hydrogen (secondary N) is 1. The lowest BCUT2D eigenvalue weighted by molar-refractivity contribution is -0.115. The average Bonchev–Trinajstić information content (AvgIpc) is 3.10. The topological polar surface area (TPSA) is 103 Å². The van der Waals surface area contributed by atoms with Gasteiger partial charge in [-0.3, -0.25) is 4.79 Å². The molecule has 0 aliphatic rings. The zero-order valence-corrected chi connectivity index (χ0v) is 21.1. The lowest BCUT2D eigenvalue weighted by Crippen LogP contribution is -2.25. The number of nitrogens with zero attached hydrogens (tertiary/aromatic N) is 3. The molecule has 11 heteroatoms. The number of ether oxygens (including phenoxy) is 1. The molecular formula is C22H25ClN4O4S2. The summed E-state index contributed by atoms with van der Waals surface area (Å²) >= 11 is 7.36. The number of carbonyl (C=O) groups excluding carboxylic acids is 1. The monoisotopic (exact) mass is 508 g/mol. The van der Waals surface area contributed by atoms with Gasteiger partial charge in [-0.15, -0.1) is 10.2 Å². The molecule has 1 heterocycles. The van der Waals surface area contributed by atoms with Crippen molar-refractivity contribution in [1.82, 2.24) is 14.8 Å². The molecule has 0 saturated heterocycles. The number of hydrogen-bond acceptors (Lipinski definition) is 7. The molecule has 1 unspecified atom stereocenters. The van der Waals surface area contributed by atoms with Gasteiger partial charge < -0.3 is 14.6 Å². The maximum absolute atomic E-state index is 12.8. The van der Waals surface area contributed by atoms with Gasteiger partial charge >= 0.3 is 0 Å². The quantitative estimate of drug-likeness (QED) is 0.430. The van der Waals surface area contributed by atoms with Crippen LogP contribution in [0.5, 0.6) is 5.75 Å². The van der Waals surface area contributed by atoms with Crippen molar-refractivity contribution >= 4 is 44.8 Å². The van der Waals surface area contributed by atoms with Crippen LogP contribution in [0.15, 0.2) is 52.5 Å². The zero-order chi connectivity index (χ0) is 24.2. The summed E-state index contributed by atoms with van der Waals surface area (Å²) in [6.45, 7) is 3.78. The van der Waals surface area contributed by atoms with Crippen LogP contribution in [0.4, 0.5) is 5.69 Å². The summed E-state index contributed by atoms with van der Waals surface area (Å²) in [5.74, 6) is 0.312. The summed E-state index contributed by atoms with van der Waals surface area (Å²) in [7, 11) is -0.366. The van der Waals surface area contributed by atoms with Gasteiger partial charge in [0.15, 0.2) is 15.0 Å². The number of amides is 1. The molecule has 0 saturated carbocycles. The molecule has 0 bridgehead atoms. The van der Waals surface area contributed by atoms with Gasteiger partial charge in [0.1, 0.15) is 17.3 Å². The Kier molecular flexibility index (Phi) is 8.04. The number of thioether (sulfide) groups is 1. The Morgan fingerprint density at radius 3 is 2.52 bits per heavy atom. The summed E-state index contributed by atoms with van der Waals surface area (Å²) in [4.78, 5) is 13.0. The smallest absolute Gasteiger partial charge is 0.237 e. The highest BCUT2D eigenvalue weighted by molar-refractivity contribution is 8.00. The van der Waals surface area contributed by atoms with Crippen molar-refractivity contribution in [3.05, 3.63) is 58.9 Å². The van der Waals surface area contributed by atoms with Crippen molar-refractivity contribution in [2.75, 3.05) is 12.4 Å². The third-order valence-electron chi connectivity index (χ3n) is 4.95. The number of rotatable bonds is 9. The highest BCUT2D eigenvalue weighted by Gasteiger charge is 2.24. The summed E-state index contributed by atoms with van der Waals surface area (Å²) in [6, 6.07) is 11.7. The molecule has 3 rings (SSSR count). The van der Waals surface area contributed by atoms with Crippen molar-refractivity contribution in [3.8, 4) is 5.75 Å². The van der Waals surface area contributed by atoms with Gasteiger partial charge in [0, 0.05) is 12.7 Å². The molecule has 1 amide bonds. The van der Waals surface area contributed by atoms with Crippen LogP contribution in [0.2, 0.25) is 5.02 Å². The standard InChI is InChI=1S/C22H25ClN4O4S2/c1-5-19(21(28)24-15-8-11-18(31-4)17(23)12-15)32-22-26-25-20(27(22)3)13-33(29,30)16-9-6-14(2)7-10-16/h6-12,19H,5,13H2,1-4H3,(H,24,28). The number of aryl methyl sites for hydroxylation is 1. The van der Waals surface area contributed by atoms with Crippen molar-refractivity contribution in [1.29, 1.82) is 0 Å². The first-order chi connectivity index (χ1) is 15.6. The molecule has 1 aromatic heterocycles. The predicted octanol–water partition coefficient (Wildman–Crippen LogP) is 4.27. The third-order valence-corrected chi connectivity index (χ3v) is 8.28. The van der Waals surface area contributed by atoms with E-state index in [2.05, 4.69) is 15.5 Å². The number of methoxy groups -OCH3 is 1. The fourth-order valence-electron chi connectivity index (χ4n) is 2.99. The first kappa shape index (κ1) is 25.1. The Morgan fingerprint density at radius 1 is 1.21 bits per heavy atom. The lowest BCUT2D eigenvalue weighted by Gasteiger charge is -2.15. The molecule has 0 aliphatic carbocycles. The van der Waals surface area contributed by atoms with Crippen LogP contribution in [0.1, 0.15) is 24.7 Å². The van der Waals surface area contributed by atoms with Crippen LogP contribution in [0.25, 0.3) is 0 Å². The SMILES string of the molecule is CCC(Sc1nnc(CS(=O)(=O)c2ccc(C)cc2)n1C)C(=O)Nc1ccc(OC)c(Cl)c1. The highest BCUT2D eigenvalue weighted by Crippen LogP contribution is 2.29. The average molecular weight is 509 g/mol. The highest BCUT2D eigenvalue weighted by atomic mass is 35.5. The van der Waals surface area contributed by atoms with E-state index in [0.29, 0.717) is 33.9 Å². The Labute approximate surface area is 202 Å². The second-order valence-corrected chi connectivity index (χ2v) is 10.9. The third kappa shape index (κ3) is 6.07. The Morgan fingerprint density at radius 2 is 1.91 bits per heavy atom. The molecule has 0 spiro atoms. The van der Waals surface area contributed by atoms with Gasteiger partial charge in [0.2, 0.25) is 5.91 Å². The second-order valence-electron chi connectivity index (χ2n) is 7.38. The van der Waals surface area contributed by atoms with Gasteiger partial charge in [-0.25, -0.2) is 8.42 Å². The van der Waals surface area contributed by atoms with E-state index in [0.717, 1.165) is 5.56 Å². The molecular weight excluding hydrogens is 484 g/mol. The van der Waals surface area contributed by atoms with E-state index < -0.39 is 15.1 Å². The predicted molar refractivity (Wildman–Crippen MR) is 130 cm³/mol. The van der Waals surface area contributed by atoms with Gasteiger partial charge in [-0.05, 0) is 43.7 Å². The fraction of sp³-hybridized carbons (Fsp3) is 0.318. The Hall–Kier alpha value is -2.56. The summed E-state index contributed by atoms with van der Waals surface area (Å²) in [6.07, 6.45) is 0.532. The van der Waals surface area contributed by atoms with Crippen LogP contribution >= 0.6 is 23.4 Å². The molecule has 2 aromatic carbocycles. The second kappa shape index (κ2) is 10.6. The largest absolute Gasteiger partial charge is 0.495 e. The zero-order valence-electron chi connectivity index (χ0n) is 18.7. The maximum atomic E-state index is 12.8. The van der Waals surface area contributed by atoms with Gasteiger partial charge in [0.05, 0.1) is 22.3 Å². The molecule has 1 N–H and O–H groups in total. The fourth-order valence-corrected chi connectivity index (χ4v) is 5.49. The number of benzene rings is 2. The Balaban J connectivity index is 1.71. The molecule has 0 radical (unpaired) electrons. The van der Waals surface area contributed by atoms with Crippen LogP contribution in [0, 0.1) is 6.92 Å².